The van der Waals surface area contributed by atoms with Crippen LogP contribution in [-0.2, 0) is 10.9 Å². The third-order valence-electron chi connectivity index (χ3n) is 3.28. The Bertz CT molecular complexity index is 475. The highest BCUT2D eigenvalue weighted by molar-refractivity contribution is 5.33. The maximum Gasteiger partial charge on any atom is 0.416 e. The van der Waals surface area contributed by atoms with Crippen molar-refractivity contribution in [1.29, 1.82) is 0 Å². The summed E-state index contributed by atoms with van der Waals surface area (Å²) in [5.74, 6) is -0.923. The third-order valence-corrected chi connectivity index (χ3v) is 3.28. The van der Waals surface area contributed by atoms with Crippen molar-refractivity contribution >= 4 is 0 Å². The summed E-state index contributed by atoms with van der Waals surface area (Å²) in [6.45, 7) is 2.07. The second-order valence-electron chi connectivity index (χ2n) is 4.75. The zero-order valence-electron chi connectivity index (χ0n) is 11.3. The fraction of sp³-hybridized carbons (Fsp3) is 0.538. The van der Waals surface area contributed by atoms with Crippen LogP contribution in [0.1, 0.15) is 17.2 Å². The Kier molecular flexibility index (Phi) is 5.15. The second kappa shape index (κ2) is 6.69. The molecule has 0 aromatic heterocycles. The molecule has 0 amide bonds. The van der Waals surface area contributed by atoms with Crippen molar-refractivity contribution < 1.29 is 22.3 Å². The number of ether oxygens (including phenoxy) is 1. The highest BCUT2D eigenvalue weighted by Gasteiger charge is 2.35. The van der Waals surface area contributed by atoms with Gasteiger partial charge in [-0.05, 0) is 17.7 Å². The lowest BCUT2D eigenvalue weighted by atomic mass is 10.00. The molecule has 0 radical (unpaired) electrons. The average molecular weight is 307 g/mol. The summed E-state index contributed by atoms with van der Waals surface area (Å²) < 4.78 is 57.4. The van der Waals surface area contributed by atoms with Crippen molar-refractivity contribution in [2.75, 3.05) is 32.8 Å². The van der Waals surface area contributed by atoms with Crippen LogP contribution in [-0.4, -0.2) is 37.9 Å². The number of rotatable bonds is 4. The molecule has 1 aliphatic rings. The highest BCUT2D eigenvalue weighted by Crippen LogP contribution is 2.35. The number of halogens is 4. The number of morpholine rings is 1. The molecule has 118 valence electrons. The molecule has 0 aliphatic carbocycles. The Labute approximate surface area is 119 Å². The lowest BCUT2D eigenvalue weighted by Crippen LogP contribution is -2.49. The molecule has 1 aromatic carbocycles. The minimum atomic E-state index is -4.63. The molecule has 21 heavy (non-hydrogen) atoms. The normalized spacial score (nSPS) is 18.7. The van der Waals surface area contributed by atoms with Gasteiger partial charge < -0.3 is 10.5 Å². The molecule has 1 heterocycles. The number of hydrazine groups is 1. The molecule has 0 spiro atoms. The van der Waals surface area contributed by atoms with Crippen molar-refractivity contribution in [2.24, 2.45) is 5.73 Å². The monoisotopic (exact) mass is 307 g/mol. The van der Waals surface area contributed by atoms with Crippen LogP contribution in [0.2, 0.25) is 0 Å². The van der Waals surface area contributed by atoms with E-state index >= 15 is 0 Å². The van der Waals surface area contributed by atoms with Crippen LogP contribution in [0.4, 0.5) is 17.6 Å². The molecule has 1 saturated heterocycles. The van der Waals surface area contributed by atoms with Gasteiger partial charge in [-0.25, -0.2) is 14.8 Å². The minimum absolute atomic E-state index is 0.0356. The van der Waals surface area contributed by atoms with Crippen LogP contribution < -0.4 is 11.2 Å². The van der Waals surface area contributed by atoms with Crippen molar-refractivity contribution in [1.82, 2.24) is 10.4 Å². The van der Waals surface area contributed by atoms with E-state index in [4.69, 9.17) is 10.5 Å². The highest BCUT2D eigenvalue weighted by atomic mass is 19.4. The average Bonchev–Trinajstić information content (AvgIpc) is 2.45. The SMILES string of the molecule is NCC(NN1CCOCC1)c1ccc(F)cc1C(F)(F)F. The van der Waals surface area contributed by atoms with E-state index in [1.165, 1.54) is 0 Å². The molecule has 0 bridgehead atoms. The topological polar surface area (TPSA) is 50.5 Å². The van der Waals surface area contributed by atoms with Gasteiger partial charge in [0.2, 0.25) is 0 Å². The molecule has 1 aliphatic heterocycles. The maximum absolute atomic E-state index is 13.1. The Balaban J connectivity index is 2.24. The summed E-state index contributed by atoms with van der Waals surface area (Å²) in [7, 11) is 0. The minimum Gasteiger partial charge on any atom is -0.379 e. The molecule has 1 aromatic rings. The number of hydrogen-bond acceptors (Lipinski definition) is 4. The Morgan fingerprint density at radius 2 is 1.95 bits per heavy atom. The Morgan fingerprint density at radius 3 is 2.52 bits per heavy atom. The number of nitrogens with zero attached hydrogens (tertiary/aromatic N) is 1. The van der Waals surface area contributed by atoms with Crippen molar-refractivity contribution in [3.05, 3.63) is 35.1 Å². The quantitative estimate of drug-likeness (QED) is 0.831. The molecular formula is C13H17F4N3O. The van der Waals surface area contributed by atoms with Gasteiger partial charge in [-0.3, -0.25) is 0 Å². The fourth-order valence-corrected chi connectivity index (χ4v) is 2.24. The molecular weight excluding hydrogens is 290 g/mol. The van der Waals surface area contributed by atoms with E-state index in [2.05, 4.69) is 5.43 Å². The lowest BCUT2D eigenvalue weighted by molar-refractivity contribution is -0.138. The number of alkyl halides is 3. The van der Waals surface area contributed by atoms with E-state index in [0.29, 0.717) is 32.4 Å². The van der Waals surface area contributed by atoms with E-state index in [0.717, 1.165) is 12.1 Å². The predicted molar refractivity (Wildman–Crippen MR) is 68.7 cm³/mol. The van der Waals surface area contributed by atoms with Crippen LogP contribution in [0, 0.1) is 5.82 Å². The van der Waals surface area contributed by atoms with Crippen LogP contribution in [0.25, 0.3) is 0 Å². The van der Waals surface area contributed by atoms with Crippen molar-refractivity contribution in [3.63, 3.8) is 0 Å². The van der Waals surface area contributed by atoms with E-state index in [9.17, 15) is 17.6 Å². The predicted octanol–water partition coefficient (Wildman–Crippen LogP) is 1.68. The summed E-state index contributed by atoms with van der Waals surface area (Å²) >= 11 is 0. The third kappa shape index (κ3) is 4.13. The lowest BCUT2D eigenvalue weighted by Gasteiger charge is -2.32. The van der Waals surface area contributed by atoms with Crippen LogP contribution in [0.5, 0.6) is 0 Å². The first-order valence-electron chi connectivity index (χ1n) is 6.57. The van der Waals surface area contributed by atoms with E-state index in [1.807, 2.05) is 0 Å². The number of hydrogen-bond donors (Lipinski definition) is 2. The number of nitrogens with one attached hydrogen (secondary N) is 1. The van der Waals surface area contributed by atoms with Gasteiger partial charge in [0.05, 0.1) is 24.8 Å². The van der Waals surface area contributed by atoms with Gasteiger partial charge in [-0.15, -0.1) is 0 Å². The van der Waals surface area contributed by atoms with Crippen LogP contribution in [0.3, 0.4) is 0 Å². The maximum atomic E-state index is 13.1. The number of nitrogens with two attached hydrogens (primary N) is 1. The summed E-state index contributed by atoms with van der Waals surface area (Å²) in [5, 5.41) is 1.77. The second-order valence-corrected chi connectivity index (χ2v) is 4.75. The molecule has 1 unspecified atom stereocenters. The van der Waals surface area contributed by atoms with Gasteiger partial charge in [-0.2, -0.15) is 13.2 Å². The molecule has 0 saturated carbocycles. The van der Waals surface area contributed by atoms with Gasteiger partial charge in [0.15, 0.2) is 0 Å². The first kappa shape index (κ1) is 16.2. The summed E-state index contributed by atoms with van der Waals surface area (Å²) in [6.07, 6.45) is -4.63. The summed E-state index contributed by atoms with van der Waals surface area (Å²) in [5.41, 5.74) is 7.49. The van der Waals surface area contributed by atoms with Crippen LogP contribution >= 0.6 is 0 Å². The molecule has 1 fully saturated rings. The fourth-order valence-electron chi connectivity index (χ4n) is 2.24. The van der Waals surface area contributed by atoms with Gasteiger partial charge in [0, 0.05) is 19.6 Å². The van der Waals surface area contributed by atoms with Gasteiger partial charge in [0.25, 0.3) is 0 Å². The molecule has 8 heteroatoms. The van der Waals surface area contributed by atoms with E-state index in [1.54, 1.807) is 5.01 Å². The Hall–Kier alpha value is -1.22. The number of benzene rings is 1. The summed E-state index contributed by atoms with van der Waals surface area (Å²) in [6, 6.07) is 1.90. The van der Waals surface area contributed by atoms with Crippen molar-refractivity contribution in [2.45, 2.75) is 12.2 Å². The van der Waals surface area contributed by atoms with E-state index in [-0.39, 0.29) is 12.1 Å². The molecule has 1 atom stereocenters. The molecule has 4 nitrogen and oxygen atoms in total. The standard InChI is InChI=1S/C13H17F4N3O/c14-9-1-2-10(11(7-9)13(15,16)17)12(8-18)19-20-3-5-21-6-4-20/h1-2,7,12,19H,3-6,8,18H2. The van der Waals surface area contributed by atoms with Crippen molar-refractivity contribution in [3.8, 4) is 0 Å². The largest absolute Gasteiger partial charge is 0.416 e. The zero-order chi connectivity index (χ0) is 15.5. The van der Waals surface area contributed by atoms with E-state index < -0.39 is 23.6 Å². The first-order chi connectivity index (χ1) is 9.91. The van der Waals surface area contributed by atoms with Gasteiger partial charge >= 0.3 is 6.18 Å². The van der Waals surface area contributed by atoms with Gasteiger partial charge in [-0.1, -0.05) is 6.07 Å². The zero-order valence-corrected chi connectivity index (χ0v) is 11.3. The van der Waals surface area contributed by atoms with Gasteiger partial charge in [0.1, 0.15) is 5.82 Å². The first-order valence-corrected chi connectivity index (χ1v) is 6.57. The Morgan fingerprint density at radius 1 is 1.29 bits per heavy atom. The molecule has 2 rings (SSSR count). The molecule has 3 N–H and O–H groups in total. The van der Waals surface area contributed by atoms with Crippen LogP contribution in [0.15, 0.2) is 18.2 Å². The smallest absolute Gasteiger partial charge is 0.379 e. The summed E-state index contributed by atoms with van der Waals surface area (Å²) in [4.78, 5) is 0.